The Morgan fingerprint density at radius 1 is 1.13 bits per heavy atom. The lowest BCUT2D eigenvalue weighted by molar-refractivity contribution is -0.144. The van der Waals surface area contributed by atoms with Crippen molar-refractivity contribution in [3.8, 4) is 5.75 Å². The molecule has 1 aromatic heterocycles. The molecule has 2 rings (SSSR count). The third-order valence-electron chi connectivity index (χ3n) is 4.37. The van der Waals surface area contributed by atoms with E-state index in [1.807, 2.05) is 39.8 Å². The number of nitrogens with zero attached hydrogens (tertiary/aromatic N) is 1. The molecule has 0 radical (unpaired) electrons. The molecular weight excluding hydrogens is 390 g/mol. The maximum Gasteiger partial charge on any atom is 0.344 e. The lowest BCUT2D eigenvalue weighted by Crippen LogP contribution is -2.37. The third-order valence-corrected chi connectivity index (χ3v) is 4.37. The average molecular weight is 417 g/mol. The van der Waals surface area contributed by atoms with Crippen LogP contribution in [0.2, 0.25) is 0 Å². The van der Waals surface area contributed by atoms with Gasteiger partial charge in [0, 0.05) is 6.54 Å². The van der Waals surface area contributed by atoms with Crippen LogP contribution in [0.4, 0.5) is 5.82 Å². The number of nitrogen functional groups attached to an aromatic ring is 1. The fraction of sp³-hybridized carbons (Fsp3) is 0.429. The molecule has 0 aliphatic carbocycles. The highest BCUT2D eigenvalue weighted by Gasteiger charge is 2.22. The number of nitrogens with two attached hydrogens (primary N) is 1. The molecule has 2 aromatic rings. The van der Waals surface area contributed by atoms with Gasteiger partial charge < -0.3 is 15.2 Å². The number of carbonyl (C=O) groups excluding carboxylic acids is 2. The van der Waals surface area contributed by atoms with E-state index in [0.717, 1.165) is 10.1 Å². The summed E-state index contributed by atoms with van der Waals surface area (Å²) in [5.41, 5.74) is 4.55. The van der Waals surface area contributed by atoms with Crippen LogP contribution in [-0.2, 0) is 21.5 Å². The molecule has 1 aromatic carbocycles. The molecule has 0 spiro atoms. The molecule has 0 amide bonds. The Hall–Kier alpha value is -3.36. The number of benzene rings is 1. The average Bonchev–Trinajstić information content (AvgIpc) is 2.67. The fourth-order valence-electron chi connectivity index (χ4n) is 2.91. The molecule has 0 atom stereocenters. The molecule has 0 saturated heterocycles. The first-order valence-electron chi connectivity index (χ1n) is 9.60. The maximum absolute atomic E-state index is 12.4. The van der Waals surface area contributed by atoms with E-state index >= 15 is 0 Å². The maximum atomic E-state index is 12.4. The Bertz CT molecular complexity index is 1050. The van der Waals surface area contributed by atoms with Crippen molar-refractivity contribution >= 4 is 17.6 Å². The van der Waals surface area contributed by atoms with Gasteiger partial charge in [0.15, 0.2) is 13.2 Å². The van der Waals surface area contributed by atoms with Gasteiger partial charge in [-0.2, -0.15) is 0 Å². The van der Waals surface area contributed by atoms with Crippen LogP contribution in [0.3, 0.4) is 0 Å². The summed E-state index contributed by atoms with van der Waals surface area (Å²) in [5.74, 6) is -1.28. The summed E-state index contributed by atoms with van der Waals surface area (Å²) >= 11 is 0. The fourth-order valence-corrected chi connectivity index (χ4v) is 2.91. The van der Waals surface area contributed by atoms with Gasteiger partial charge in [0.1, 0.15) is 17.1 Å². The number of ether oxygens (including phenoxy) is 2. The molecule has 9 heteroatoms. The van der Waals surface area contributed by atoms with Gasteiger partial charge in [0.05, 0.1) is 0 Å². The smallest absolute Gasteiger partial charge is 0.344 e. The van der Waals surface area contributed by atoms with E-state index in [-0.39, 0.29) is 17.8 Å². The lowest BCUT2D eigenvalue weighted by atomic mass is 9.86. The molecule has 1 heterocycles. The number of Topliss-reactive ketones (excluding diaryl/α,β-unsaturated/α-hetero) is 1. The topological polar surface area (TPSA) is 133 Å². The Morgan fingerprint density at radius 3 is 2.43 bits per heavy atom. The van der Waals surface area contributed by atoms with E-state index in [1.54, 1.807) is 12.1 Å². The minimum atomic E-state index is -0.916. The molecule has 0 unspecified atom stereocenters. The number of anilines is 1. The van der Waals surface area contributed by atoms with E-state index in [4.69, 9.17) is 15.2 Å². The van der Waals surface area contributed by atoms with Gasteiger partial charge in [-0.1, -0.05) is 45.9 Å². The third kappa shape index (κ3) is 5.37. The lowest BCUT2D eigenvalue weighted by Gasteiger charge is -2.22. The second-order valence-electron chi connectivity index (χ2n) is 7.79. The molecule has 0 fully saturated rings. The normalized spacial score (nSPS) is 11.2. The summed E-state index contributed by atoms with van der Waals surface area (Å²) in [7, 11) is 0. The summed E-state index contributed by atoms with van der Waals surface area (Å²) in [4.78, 5) is 50.3. The molecule has 0 aliphatic heterocycles. The van der Waals surface area contributed by atoms with E-state index in [0.29, 0.717) is 12.2 Å². The zero-order valence-electron chi connectivity index (χ0n) is 17.6. The van der Waals surface area contributed by atoms with Gasteiger partial charge in [-0.25, -0.2) is 9.59 Å². The first-order valence-corrected chi connectivity index (χ1v) is 9.60. The first-order chi connectivity index (χ1) is 14.1. The van der Waals surface area contributed by atoms with Crippen LogP contribution in [0.5, 0.6) is 5.75 Å². The van der Waals surface area contributed by atoms with Crippen molar-refractivity contribution in [1.82, 2.24) is 9.55 Å². The van der Waals surface area contributed by atoms with Gasteiger partial charge in [-0.15, -0.1) is 0 Å². The molecule has 0 saturated carbocycles. The number of hydrogen-bond acceptors (Lipinski definition) is 7. The number of nitrogens with one attached hydrogen (secondary N) is 1. The summed E-state index contributed by atoms with van der Waals surface area (Å²) in [6, 6.07) is 7.32. The Labute approximate surface area is 173 Å². The van der Waals surface area contributed by atoms with Gasteiger partial charge >= 0.3 is 11.7 Å². The SMILES string of the molecule is CCCn1c(N)c(C(=O)COC(=O)COc2ccccc2C(C)(C)C)c(=O)[nH]c1=O. The summed E-state index contributed by atoms with van der Waals surface area (Å²) in [6.45, 7) is 7.02. The van der Waals surface area contributed by atoms with E-state index in [2.05, 4.69) is 4.98 Å². The quantitative estimate of drug-likeness (QED) is 0.492. The van der Waals surface area contributed by atoms with Gasteiger partial charge in [-0.3, -0.25) is 19.1 Å². The van der Waals surface area contributed by atoms with Crippen molar-refractivity contribution in [2.45, 2.75) is 46.1 Å². The second kappa shape index (κ2) is 9.43. The molecule has 0 aliphatic rings. The van der Waals surface area contributed by atoms with Crippen LogP contribution in [0, 0.1) is 0 Å². The standard InChI is InChI=1S/C21H27N3O6/c1-5-10-24-18(22)17(19(27)23-20(24)28)14(25)11-30-16(26)12-29-15-9-7-6-8-13(15)21(2,3)4/h6-9H,5,10-12,22H2,1-4H3,(H,23,27,28). The highest BCUT2D eigenvalue weighted by atomic mass is 16.6. The van der Waals surface area contributed by atoms with Crippen LogP contribution in [-0.4, -0.2) is 34.5 Å². The van der Waals surface area contributed by atoms with Gasteiger partial charge in [-0.05, 0) is 23.5 Å². The Balaban J connectivity index is 2.05. The molecule has 162 valence electrons. The number of H-pyrrole nitrogens is 1. The predicted molar refractivity (Wildman–Crippen MR) is 112 cm³/mol. The van der Waals surface area contributed by atoms with Crippen LogP contribution >= 0.6 is 0 Å². The molecule has 3 N–H and O–H groups in total. The van der Waals surface area contributed by atoms with Gasteiger partial charge in [0.25, 0.3) is 5.56 Å². The number of aromatic amines is 1. The zero-order chi connectivity index (χ0) is 22.5. The van der Waals surface area contributed by atoms with Crippen molar-refractivity contribution in [3.05, 3.63) is 56.2 Å². The number of rotatable bonds is 8. The van der Waals surface area contributed by atoms with Crippen molar-refractivity contribution in [2.24, 2.45) is 0 Å². The van der Waals surface area contributed by atoms with Crippen molar-refractivity contribution in [2.75, 3.05) is 18.9 Å². The zero-order valence-corrected chi connectivity index (χ0v) is 17.6. The molecule has 9 nitrogen and oxygen atoms in total. The Morgan fingerprint density at radius 2 is 1.80 bits per heavy atom. The highest BCUT2D eigenvalue weighted by molar-refractivity contribution is 6.01. The number of hydrogen-bond donors (Lipinski definition) is 2. The minimum Gasteiger partial charge on any atom is -0.482 e. The highest BCUT2D eigenvalue weighted by Crippen LogP contribution is 2.30. The largest absolute Gasteiger partial charge is 0.482 e. The number of esters is 1. The number of para-hydroxylation sites is 1. The number of aromatic nitrogens is 2. The van der Waals surface area contributed by atoms with E-state index in [9.17, 15) is 19.2 Å². The first kappa shape index (κ1) is 22.9. The predicted octanol–water partition coefficient (Wildman–Crippen LogP) is 1.63. The molecule has 30 heavy (non-hydrogen) atoms. The summed E-state index contributed by atoms with van der Waals surface area (Å²) in [6.07, 6.45) is 0.576. The number of carbonyl (C=O) groups is 2. The molecular formula is C21H27N3O6. The van der Waals surface area contributed by atoms with Crippen molar-refractivity contribution < 1.29 is 19.1 Å². The summed E-state index contributed by atoms with van der Waals surface area (Å²) < 4.78 is 11.6. The number of ketones is 1. The Kier molecular flexibility index (Phi) is 7.20. The van der Waals surface area contributed by atoms with Crippen LogP contribution in [0.25, 0.3) is 0 Å². The monoisotopic (exact) mass is 417 g/mol. The molecule has 0 bridgehead atoms. The van der Waals surface area contributed by atoms with E-state index in [1.165, 1.54) is 0 Å². The summed E-state index contributed by atoms with van der Waals surface area (Å²) in [5, 5.41) is 0. The van der Waals surface area contributed by atoms with Crippen LogP contribution in [0.15, 0.2) is 33.9 Å². The minimum absolute atomic E-state index is 0.184. The van der Waals surface area contributed by atoms with E-state index < -0.39 is 41.8 Å². The van der Waals surface area contributed by atoms with Crippen LogP contribution < -0.4 is 21.7 Å². The van der Waals surface area contributed by atoms with Crippen LogP contribution in [0.1, 0.15) is 50.0 Å². The second-order valence-corrected chi connectivity index (χ2v) is 7.79. The van der Waals surface area contributed by atoms with Crippen molar-refractivity contribution in [1.29, 1.82) is 0 Å². The van der Waals surface area contributed by atoms with Gasteiger partial charge in [0.2, 0.25) is 5.78 Å². The van der Waals surface area contributed by atoms with Crippen molar-refractivity contribution in [3.63, 3.8) is 0 Å².